The summed E-state index contributed by atoms with van der Waals surface area (Å²) in [7, 11) is 0. The van der Waals surface area contributed by atoms with Gasteiger partial charge in [0.1, 0.15) is 11.6 Å². The summed E-state index contributed by atoms with van der Waals surface area (Å²) in [6.45, 7) is 17.6. The molecule has 0 atom stereocenters. The molecule has 0 aromatic heterocycles. The minimum absolute atomic E-state index is 0.0231. The Morgan fingerprint density at radius 1 is 0.905 bits per heavy atom. The highest BCUT2D eigenvalue weighted by Gasteiger charge is 1.86. The highest BCUT2D eigenvalue weighted by Crippen LogP contribution is 1.81. The maximum Gasteiger partial charge on any atom is 0.243 e. The van der Waals surface area contributed by atoms with E-state index in [1.54, 1.807) is 13.0 Å². The molecule has 0 aliphatic carbocycles. The van der Waals surface area contributed by atoms with Crippen LogP contribution in [0.5, 0.6) is 0 Å². The zero-order valence-electron chi connectivity index (χ0n) is 13.7. The van der Waals surface area contributed by atoms with Crippen molar-refractivity contribution in [2.75, 3.05) is 0 Å². The first-order valence-electron chi connectivity index (χ1n) is 6.08. The van der Waals surface area contributed by atoms with E-state index in [0.717, 1.165) is 0 Å². The molecule has 0 aromatic carbocycles. The molecule has 0 rings (SSSR count). The Morgan fingerprint density at radius 2 is 1.14 bits per heavy atom. The Hall–Kier alpha value is -2.30. The lowest BCUT2D eigenvalue weighted by molar-refractivity contribution is -0.115. The maximum absolute atomic E-state index is 10.2. The van der Waals surface area contributed by atoms with Crippen molar-refractivity contribution in [2.24, 2.45) is 5.73 Å². The van der Waals surface area contributed by atoms with Crippen molar-refractivity contribution in [3.8, 4) is 0 Å². The summed E-state index contributed by atoms with van der Waals surface area (Å²) in [5.74, 6) is -0.0787. The Balaban J connectivity index is -0.0000000948. The first-order chi connectivity index (χ1) is 9.41. The fourth-order valence-electron chi connectivity index (χ4n) is 0.226. The maximum atomic E-state index is 10.2. The van der Waals surface area contributed by atoms with Gasteiger partial charge in [-0.25, -0.2) is 0 Å². The SMILES string of the molecule is C=C(C)C(N)=O.C=CCC(=O)C=C.CC(C)=O.CC(C)=O. The number of rotatable bonds is 4. The smallest absolute Gasteiger partial charge is 0.243 e. The van der Waals surface area contributed by atoms with Gasteiger partial charge in [0.05, 0.1) is 0 Å². The second-order valence-electron chi connectivity index (χ2n) is 4.12. The van der Waals surface area contributed by atoms with E-state index in [-0.39, 0.29) is 17.3 Å². The molecule has 120 valence electrons. The molecule has 0 saturated carbocycles. The average Bonchev–Trinajstić information content (AvgIpc) is 2.28. The van der Waals surface area contributed by atoms with Gasteiger partial charge in [-0.3, -0.25) is 9.59 Å². The monoisotopic (exact) mass is 297 g/mol. The normalized spacial score (nSPS) is 7.10. The number of carbonyl (C=O) groups excluding carboxylic acids is 4. The zero-order chi connectivity index (χ0) is 18.0. The van der Waals surface area contributed by atoms with E-state index in [9.17, 15) is 19.2 Å². The number of allylic oxidation sites excluding steroid dienone is 2. The van der Waals surface area contributed by atoms with E-state index in [1.807, 2.05) is 0 Å². The molecule has 0 aromatic rings. The molecule has 5 heteroatoms. The van der Waals surface area contributed by atoms with Crippen LogP contribution in [0.15, 0.2) is 37.5 Å². The van der Waals surface area contributed by atoms with Crippen LogP contribution < -0.4 is 5.73 Å². The fraction of sp³-hybridized carbons (Fsp3) is 0.375. The van der Waals surface area contributed by atoms with Crippen molar-refractivity contribution < 1.29 is 19.2 Å². The largest absolute Gasteiger partial charge is 0.366 e. The summed E-state index contributed by atoms with van der Waals surface area (Å²) >= 11 is 0. The number of carbonyl (C=O) groups is 4. The molecular formula is C16H27NO4. The van der Waals surface area contributed by atoms with Crippen molar-refractivity contribution in [1.82, 2.24) is 0 Å². The van der Waals surface area contributed by atoms with E-state index >= 15 is 0 Å². The van der Waals surface area contributed by atoms with Crippen molar-refractivity contribution in [3.63, 3.8) is 0 Å². The lowest BCUT2D eigenvalue weighted by Crippen LogP contribution is -2.10. The van der Waals surface area contributed by atoms with Crippen LogP contribution in [0.3, 0.4) is 0 Å². The Labute approximate surface area is 127 Å². The van der Waals surface area contributed by atoms with Crippen LogP contribution in [0.25, 0.3) is 0 Å². The third kappa shape index (κ3) is 97.2. The highest BCUT2D eigenvalue weighted by atomic mass is 16.1. The molecule has 1 amide bonds. The number of Topliss-reactive ketones (excluding diaryl/α,β-unsaturated/α-hetero) is 2. The standard InChI is InChI=1S/C6H8O.C4H7NO.2C3H6O/c1-3-5-6(7)4-2;1-3(2)4(5)6;2*1-3(2)4/h3-4H,1-2,5H2;1H2,2H3,(H2,5,6);2*1-2H3. The minimum Gasteiger partial charge on any atom is -0.366 e. The van der Waals surface area contributed by atoms with Crippen molar-refractivity contribution >= 4 is 23.3 Å². The van der Waals surface area contributed by atoms with Gasteiger partial charge in [0.2, 0.25) is 5.91 Å². The van der Waals surface area contributed by atoms with Crippen molar-refractivity contribution in [2.45, 2.75) is 41.0 Å². The molecule has 2 N–H and O–H groups in total. The molecule has 0 saturated heterocycles. The first-order valence-corrected chi connectivity index (χ1v) is 6.08. The van der Waals surface area contributed by atoms with E-state index in [0.29, 0.717) is 12.0 Å². The van der Waals surface area contributed by atoms with Gasteiger partial charge in [0, 0.05) is 12.0 Å². The molecule has 5 nitrogen and oxygen atoms in total. The summed E-state index contributed by atoms with van der Waals surface area (Å²) in [5, 5.41) is 0. The van der Waals surface area contributed by atoms with Gasteiger partial charge in [0.15, 0.2) is 5.78 Å². The molecule has 0 bridgehead atoms. The van der Waals surface area contributed by atoms with Crippen LogP contribution in [0, 0.1) is 0 Å². The topological polar surface area (TPSA) is 94.3 Å². The molecule has 0 unspecified atom stereocenters. The van der Waals surface area contributed by atoms with Crippen LogP contribution >= 0.6 is 0 Å². The average molecular weight is 297 g/mol. The second kappa shape index (κ2) is 20.0. The molecular weight excluding hydrogens is 270 g/mol. The quantitative estimate of drug-likeness (QED) is 0.637. The third-order valence-electron chi connectivity index (χ3n) is 0.994. The number of hydrogen-bond acceptors (Lipinski definition) is 4. The van der Waals surface area contributed by atoms with Gasteiger partial charge >= 0.3 is 0 Å². The molecule has 21 heavy (non-hydrogen) atoms. The molecule has 0 spiro atoms. The predicted octanol–water partition coefficient (Wildman–Crippen LogP) is 2.56. The number of nitrogens with two attached hydrogens (primary N) is 1. The molecule has 0 radical (unpaired) electrons. The number of amides is 1. The number of primary amides is 1. The molecule has 0 aliphatic heterocycles. The van der Waals surface area contributed by atoms with Gasteiger partial charge in [-0.1, -0.05) is 19.2 Å². The Kier molecular flexibility index (Phi) is 25.9. The summed E-state index contributed by atoms with van der Waals surface area (Å²) in [4.78, 5) is 38.9. The number of ketones is 3. The van der Waals surface area contributed by atoms with E-state index in [4.69, 9.17) is 5.73 Å². The third-order valence-corrected chi connectivity index (χ3v) is 0.994. The fourth-order valence-corrected chi connectivity index (χ4v) is 0.226. The van der Waals surface area contributed by atoms with Crippen molar-refractivity contribution in [1.29, 1.82) is 0 Å². The van der Waals surface area contributed by atoms with Gasteiger partial charge in [-0.05, 0) is 40.7 Å². The van der Waals surface area contributed by atoms with E-state index < -0.39 is 5.91 Å². The summed E-state index contributed by atoms with van der Waals surface area (Å²) in [6, 6.07) is 0. The van der Waals surface area contributed by atoms with Crippen LogP contribution in [0.1, 0.15) is 41.0 Å². The summed E-state index contributed by atoms with van der Waals surface area (Å²) in [5.41, 5.74) is 5.09. The van der Waals surface area contributed by atoms with Crippen LogP contribution in [-0.4, -0.2) is 23.3 Å². The molecule has 0 heterocycles. The van der Waals surface area contributed by atoms with Crippen LogP contribution in [-0.2, 0) is 19.2 Å². The first kappa shape index (κ1) is 27.1. The lowest BCUT2D eigenvalue weighted by Gasteiger charge is -1.81. The van der Waals surface area contributed by atoms with E-state index in [1.165, 1.54) is 33.8 Å². The second-order valence-corrected chi connectivity index (χ2v) is 4.12. The Bertz CT molecular complexity index is 350. The predicted molar refractivity (Wildman–Crippen MR) is 86.7 cm³/mol. The number of hydrogen-bond donors (Lipinski definition) is 1. The highest BCUT2D eigenvalue weighted by molar-refractivity contribution is 5.90. The van der Waals surface area contributed by atoms with Gasteiger partial charge in [-0.2, -0.15) is 0 Å². The summed E-state index contributed by atoms with van der Waals surface area (Å²) in [6.07, 6.45) is 3.26. The van der Waals surface area contributed by atoms with Gasteiger partial charge in [-0.15, -0.1) is 6.58 Å². The minimum atomic E-state index is -0.435. The Morgan fingerprint density at radius 3 is 1.19 bits per heavy atom. The lowest BCUT2D eigenvalue weighted by atomic mass is 10.3. The van der Waals surface area contributed by atoms with Gasteiger partial charge in [0.25, 0.3) is 0 Å². The van der Waals surface area contributed by atoms with Crippen LogP contribution in [0.2, 0.25) is 0 Å². The molecule has 0 aliphatic rings. The zero-order valence-corrected chi connectivity index (χ0v) is 13.7. The molecule has 0 fully saturated rings. The summed E-state index contributed by atoms with van der Waals surface area (Å²) < 4.78 is 0. The van der Waals surface area contributed by atoms with Crippen LogP contribution in [0.4, 0.5) is 0 Å². The van der Waals surface area contributed by atoms with E-state index in [2.05, 4.69) is 19.7 Å². The van der Waals surface area contributed by atoms with Crippen molar-refractivity contribution in [3.05, 3.63) is 37.5 Å². The van der Waals surface area contributed by atoms with Gasteiger partial charge < -0.3 is 15.3 Å².